The maximum absolute atomic E-state index is 12.4. The lowest BCUT2D eigenvalue weighted by atomic mass is 10.1. The summed E-state index contributed by atoms with van der Waals surface area (Å²) in [4.78, 5) is 0. The Bertz CT molecular complexity index is 374. The molecule has 0 aromatic heterocycles. The quantitative estimate of drug-likeness (QED) is 0.568. The smallest absolute Gasteiger partial charge is 0.352 e. The van der Waals surface area contributed by atoms with Crippen LogP contribution in [0.15, 0.2) is 30.3 Å². The van der Waals surface area contributed by atoms with E-state index in [1.807, 2.05) is 0 Å². The van der Waals surface area contributed by atoms with Gasteiger partial charge in [-0.3, -0.25) is 0 Å². The van der Waals surface area contributed by atoms with E-state index >= 15 is 0 Å². The largest absolute Gasteiger partial charge is 0.423 e. The molecule has 1 rings (SSSR count). The van der Waals surface area contributed by atoms with E-state index in [0.29, 0.717) is 0 Å². The second kappa shape index (κ2) is 6.13. The Morgan fingerprint density at radius 3 is 1.79 bits per heavy atom. The molecule has 0 saturated heterocycles. The van der Waals surface area contributed by atoms with Crippen molar-refractivity contribution in [2.75, 3.05) is 5.33 Å². The first kappa shape index (κ1) is 16.3. The molecule has 0 spiro atoms. The van der Waals surface area contributed by atoms with Crippen molar-refractivity contribution in [1.82, 2.24) is 0 Å². The van der Waals surface area contributed by atoms with Crippen LogP contribution in [-0.2, 0) is 4.74 Å². The van der Waals surface area contributed by atoms with Gasteiger partial charge in [0.05, 0.1) is 6.10 Å². The molecule has 1 aromatic rings. The van der Waals surface area contributed by atoms with E-state index in [2.05, 4.69) is 20.7 Å². The zero-order chi connectivity index (χ0) is 14.7. The van der Waals surface area contributed by atoms with Crippen LogP contribution in [0, 0.1) is 0 Å². The Morgan fingerprint density at radius 2 is 1.42 bits per heavy atom. The molecular weight excluding hydrogens is 342 g/mol. The summed E-state index contributed by atoms with van der Waals surface area (Å²) in [6.45, 7) is 0. The summed E-state index contributed by atoms with van der Waals surface area (Å²) >= 11 is 2.85. The molecule has 0 N–H and O–H groups in total. The summed E-state index contributed by atoms with van der Waals surface area (Å²) in [5.41, 5.74) is 0.234. The maximum Gasteiger partial charge on any atom is 0.423 e. The Balaban J connectivity index is 2.95. The van der Waals surface area contributed by atoms with E-state index in [4.69, 9.17) is 0 Å². The molecule has 0 amide bonds. The molecule has 0 radical (unpaired) electrons. The standard InChI is InChI=1S/C11H9BrF6O/c12-6-8(7-4-2-1-3-5-7)19-9(10(13,14)15)11(16,17)18/h1-5,8-9H,6H2. The third-order valence-corrected chi connectivity index (χ3v) is 2.79. The third kappa shape index (κ3) is 4.68. The van der Waals surface area contributed by atoms with Gasteiger partial charge in [-0.2, -0.15) is 26.3 Å². The highest BCUT2D eigenvalue weighted by Crippen LogP contribution is 2.38. The molecule has 0 saturated carbocycles. The van der Waals surface area contributed by atoms with Crippen molar-refractivity contribution in [2.45, 2.75) is 24.6 Å². The molecule has 0 aliphatic carbocycles. The average Bonchev–Trinajstić information content (AvgIpc) is 2.28. The monoisotopic (exact) mass is 350 g/mol. The van der Waals surface area contributed by atoms with Crippen LogP contribution in [0.5, 0.6) is 0 Å². The van der Waals surface area contributed by atoms with Gasteiger partial charge in [0.1, 0.15) is 0 Å². The van der Waals surface area contributed by atoms with Gasteiger partial charge in [0, 0.05) is 5.33 Å². The number of halogens is 7. The Hall–Kier alpha value is -0.760. The van der Waals surface area contributed by atoms with Crippen LogP contribution in [0.3, 0.4) is 0 Å². The fraction of sp³-hybridized carbons (Fsp3) is 0.455. The minimum Gasteiger partial charge on any atom is -0.352 e. The number of benzene rings is 1. The number of alkyl halides is 7. The van der Waals surface area contributed by atoms with E-state index < -0.39 is 24.6 Å². The van der Waals surface area contributed by atoms with Gasteiger partial charge >= 0.3 is 12.4 Å². The van der Waals surface area contributed by atoms with Crippen LogP contribution in [0.2, 0.25) is 0 Å². The van der Waals surface area contributed by atoms with Gasteiger partial charge in [0.25, 0.3) is 0 Å². The predicted octanol–water partition coefficient (Wildman–Crippen LogP) is 4.63. The van der Waals surface area contributed by atoms with Crippen molar-refractivity contribution in [3.63, 3.8) is 0 Å². The van der Waals surface area contributed by atoms with Crippen LogP contribution < -0.4 is 0 Å². The van der Waals surface area contributed by atoms with Gasteiger partial charge in [-0.25, -0.2) is 0 Å². The van der Waals surface area contributed by atoms with E-state index in [0.717, 1.165) is 0 Å². The van der Waals surface area contributed by atoms with Crippen molar-refractivity contribution in [2.24, 2.45) is 0 Å². The third-order valence-electron chi connectivity index (χ3n) is 2.21. The van der Waals surface area contributed by atoms with Crippen LogP contribution in [0.25, 0.3) is 0 Å². The molecule has 0 fully saturated rings. The molecule has 0 aliphatic rings. The summed E-state index contributed by atoms with van der Waals surface area (Å²) in [6, 6.07) is 7.40. The fourth-order valence-electron chi connectivity index (χ4n) is 1.38. The number of hydrogen-bond donors (Lipinski definition) is 0. The van der Waals surface area contributed by atoms with Crippen LogP contribution in [0.4, 0.5) is 26.3 Å². The molecule has 0 aliphatic heterocycles. The molecule has 1 aromatic carbocycles. The SMILES string of the molecule is FC(F)(F)C(OC(CBr)c1ccccc1)C(F)(F)F. The summed E-state index contributed by atoms with van der Waals surface area (Å²) < 4.78 is 78.4. The number of ether oxygens (including phenoxy) is 1. The second-order valence-electron chi connectivity index (χ2n) is 3.65. The van der Waals surface area contributed by atoms with Crippen LogP contribution >= 0.6 is 15.9 Å². The Kier molecular flexibility index (Phi) is 5.26. The highest BCUT2D eigenvalue weighted by Gasteiger charge is 2.58. The highest BCUT2D eigenvalue weighted by atomic mass is 79.9. The molecule has 0 heterocycles. The lowest BCUT2D eigenvalue weighted by molar-refractivity contribution is -0.330. The van der Waals surface area contributed by atoms with Crippen molar-refractivity contribution in [3.05, 3.63) is 35.9 Å². The Labute approximate surface area is 113 Å². The van der Waals surface area contributed by atoms with Crippen molar-refractivity contribution < 1.29 is 31.1 Å². The van der Waals surface area contributed by atoms with E-state index in [-0.39, 0.29) is 10.9 Å². The van der Waals surface area contributed by atoms with Crippen LogP contribution in [0.1, 0.15) is 11.7 Å². The van der Waals surface area contributed by atoms with Gasteiger partial charge in [-0.1, -0.05) is 46.3 Å². The maximum atomic E-state index is 12.4. The lowest BCUT2D eigenvalue weighted by Crippen LogP contribution is -2.45. The molecule has 1 unspecified atom stereocenters. The first-order chi connectivity index (χ1) is 8.66. The van der Waals surface area contributed by atoms with Crippen molar-refractivity contribution in [1.29, 1.82) is 0 Å². The zero-order valence-electron chi connectivity index (χ0n) is 9.30. The minimum absolute atomic E-state index is 0.181. The zero-order valence-corrected chi connectivity index (χ0v) is 10.9. The summed E-state index contributed by atoms with van der Waals surface area (Å²) in [6.07, 6.45) is -16.2. The van der Waals surface area contributed by atoms with Crippen molar-refractivity contribution in [3.8, 4) is 0 Å². The molecule has 8 heteroatoms. The number of hydrogen-bond acceptors (Lipinski definition) is 1. The molecule has 108 valence electrons. The molecule has 1 atom stereocenters. The van der Waals surface area contributed by atoms with Gasteiger partial charge in [0.2, 0.25) is 6.10 Å². The molecule has 1 nitrogen and oxygen atoms in total. The van der Waals surface area contributed by atoms with Gasteiger partial charge in [0.15, 0.2) is 0 Å². The first-order valence-corrected chi connectivity index (χ1v) is 6.18. The normalized spacial score (nSPS) is 14.7. The van der Waals surface area contributed by atoms with Gasteiger partial charge in [-0.15, -0.1) is 0 Å². The van der Waals surface area contributed by atoms with Gasteiger partial charge < -0.3 is 4.74 Å². The number of rotatable bonds is 4. The summed E-state index contributed by atoms with van der Waals surface area (Å²) in [5, 5.41) is -0.181. The Morgan fingerprint density at radius 1 is 0.947 bits per heavy atom. The average molecular weight is 351 g/mol. The highest BCUT2D eigenvalue weighted by molar-refractivity contribution is 9.09. The van der Waals surface area contributed by atoms with Gasteiger partial charge in [-0.05, 0) is 5.56 Å². The second-order valence-corrected chi connectivity index (χ2v) is 4.30. The minimum atomic E-state index is -5.51. The van der Waals surface area contributed by atoms with E-state index in [9.17, 15) is 26.3 Å². The molecule has 19 heavy (non-hydrogen) atoms. The fourth-order valence-corrected chi connectivity index (χ4v) is 1.90. The van der Waals surface area contributed by atoms with E-state index in [1.54, 1.807) is 6.07 Å². The summed E-state index contributed by atoms with van der Waals surface area (Å²) in [7, 11) is 0. The molecule has 0 bridgehead atoms. The summed E-state index contributed by atoms with van der Waals surface area (Å²) in [5.74, 6) is 0. The van der Waals surface area contributed by atoms with Crippen LogP contribution in [-0.4, -0.2) is 23.8 Å². The first-order valence-electron chi connectivity index (χ1n) is 5.06. The topological polar surface area (TPSA) is 9.23 Å². The lowest BCUT2D eigenvalue weighted by Gasteiger charge is -2.27. The van der Waals surface area contributed by atoms with Crippen molar-refractivity contribution >= 4 is 15.9 Å². The van der Waals surface area contributed by atoms with E-state index in [1.165, 1.54) is 24.3 Å². The molecular formula is C11H9BrF6O. The predicted molar refractivity (Wildman–Crippen MR) is 60.0 cm³/mol.